The highest BCUT2D eigenvalue weighted by Gasteiger charge is 2.45. The van der Waals surface area contributed by atoms with Crippen LogP contribution >= 0.6 is 0 Å². The molecule has 5 aromatic carbocycles. The van der Waals surface area contributed by atoms with E-state index in [1.165, 1.54) is 105 Å². The van der Waals surface area contributed by atoms with Gasteiger partial charge in [0.1, 0.15) is 0 Å². The molecule has 0 spiro atoms. The van der Waals surface area contributed by atoms with E-state index < -0.39 is 0 Å². The number of anilines is 5. The van der Waals surface area contributed by atoms with Crippen LogP contribution in [0.2, 0.25) is 0 Å². The van der Waals surface area contributed by atoms with E-state index in [4.69, 9.17) is 0 Å². The first-order valence-corrected chi connectivity index (χ1v) is 20.1. The van der Waals surface area contributed by atoms with Gasteiger partial charge >= 0.3 is 0 Å². The first-order chi connectivity index (χ1) is 25.6. The van der Waals surface area contributed by atoms with Gasteiger partial charge in [-0.1, -0.05) is 139 Å². The molecule has 53 heavy (non-hydrogen) atoms. The van der Waals surface area contributed by atoms with Crippen molar-refractivity contribution in [3.63, 3.8) is 0 Å². The third-order valence-electron chi connectivity index (χ3n) is 12.5. The van der Waals surface area contributed by atoms with Crippen molar-refractivity contribution in [1.82, 2.24) is 0 Å². The SMILES string of the molecule is CC(C)(C)c1ccc2c(c1)N(C1=CCCCC1C1C=CCCC1)c1cccc3c1B2c1ccc(C(C)(C)C)cc1N3c1ccccc1-c1ccccc1. The van der Waals surface area contributed by atoms with Gasteiger partial charge in [-0.3, -0.25) is 0 Å². The van der Waals surface area contributed by atoms with Gasteiger partial charge in [-0.2, -0.15) is 0 Å². The van der Waals surface area contributed by atoms with Crippen molar-refractivity contribution in [1.29, 1.82) is 0 Å². The topological polar surface area (TPSA) is 6.48 Å². The Morgan fingerprint density at radius 1 is 0.566 bits per heavy atom. The molecule has 0 amide bonds. The summed E-state index contributed by atoms with van der Waals surface area (Å²) >= 11 is 0. The zero-order valence-electron chi connectivity index (χ0n) is 32.5. The van der Waals surface area contributed by atoms with E-state index >= 15 is 0 Å². The number of benzene rings is 5. The molecular weight excluding hydrogens is 639 g/mol. The van der Waals surface area contributed by atoms with Gasteiger partial charge in [0.05, 0.1) is 5.69 Å². The highest BCUT2D eigenvalue weighted by atomic mass is 15.2. The quantitative estimate of drug-likeness (QED) is 0.134. The van der Waals surface area contributed by atoms with Gasteiger partial charge in [-0.05, 0) is 119 Å². The summed E-state index contributed by atoms with van der Waals surface area (Å²) in [5.74, 6) is 1.10. The molecule has 2 unspecified atom stereocenters. The van der Waals surface area contributed by atoms with E-state index in [1.807, 2.05) is 0 Å². The smallest absolute Gasteiger partial charge is 0.252 e. The van der Waals surface area contributed by atoms with Gasteiger partial charge < -0.3 is 9.80 Å². The Hall–Kier alpha value is -4.76. The van der Waals surface area contributed by atoms with E-state index in [2.05, 4.69) is 179 Å². The first kappa shape index (κ1) is 34.0. The Balaban J connectivity index is 1.34. The molecule has 3 heteroatoms. The number of nitrogens with zero attached hydrogens (tertiary/aromatic N) is 2. The van der Waals surface area contributed by atoms with Crippen molar-refractivity contribution >= 4 is 51.5 Å². The van der Waals surface area contributed by atoms with Gasteiger partial charge in [0, 0.05) is 39.9 Å². The minimum absolute atomic E-state index is 0.0146. The van der Waals surface area contributed by atoms with Crippen LogP contribution in [0.3, 0.4) is 0 Å². The van der Waals surface area contributed by atoms with Crippen molar-refractivity contribution in [2.45, 2.75) is 90.9 Å². The maximum Gasteiger partial charge on any atom is 0.252 e. The molecule has 0 N–H and O–H groups in total. The molecule has 0 radical (unpaired) electrons. The number of fused-ring (bicyclic) bond motifs is 4. The molecule has 2 heterocycles. The van der Waals surface area contributed by atoms with E-state index in [9.17, 15) is 0 Å². The van der Waals surface area contributed by atoms with Gasteiger partial charge in [0.2, 0.25) is 0 Å². The standard InChI is InChI=1S/C50H53BN2/c1-49(2,3)36-28-30-40-46(32-36)52(42-24-15-13-22-38(42)34-18-9-7-10-19-34)44-26-17-27-45-48(44)51(40)41-31-29-37(50(4,5)6)33-47(41)53(45)43-25-16-14-23-39(43)35-20-11-8-12-21-35/h7,9-11,13,15,17-20,22,24-33,35,39H,8,12,14,16,21,23H2,1-6H3. The number of hydrogen-bond donors (Lipinski definition) is 0. The average molecular weight is 693 g/mol. The van der Waals surface area contributed by atoms with Crippen molar-refractivity contribution in [2.75, 3.05) is 9.80 Å². The minimum atomic E-state index is 0.0146. The Morgan fingerprint density at radius 2 is 1.17 bits per heavy atom. The number of para-hydroxylation sites is 1. The summed E-state index contributed by atoms with van der Waals surface area (Å²) in [7, 11) is 0. The van der Waals surface area contributed by atoms with Gasteiger partial charge in [0.15, 0.2) is 0 Å². The molecule has 9 rings (SSSR count). The summed E-state index contributed by atoms with van der Waals surface area (Å²) in [4.78, 5) is 5.34. The summed E-state index contributed by atoms with van der Waals surface area (Å²) in [6, 6.07) is 41.9. The third-order valence-corrected chi connectivity index (χ3v) is 12.5. The molecule has 0 saturated heterocycles. The van der Waals surface area contributed by atoms with Gasteiger partial charge in [-0.25, -0.2) is 0 Å². The van der Waals surface area contributed by atoms with Crippen LogP contribution in [0.25, 0.3) is 11.1 Å². The summed E-state index contributed by atoms with van der Waals surface area (Å²) < 4.78 is 0. The predicted octanol–water partition coefficient (Wildman–Crippen LogP) is 11.7. The Bertz CT molecular complexity index is 2250. The molecule has 266 valence electrons. The fourth-order valence-electron chi connectivity index (χ4n) is 9.68. The molecule has 4 aliphatic rings. The molecule has 2 aliphatic heterocycles. The number of hydrogen-bond acceptors (Lipinski definition) is 2. The highest BCUT2D eigenvalue weighted by molar-refractivity contribution is 7.00. The fourth-order valence-corrected chi connectivity index (χ4v) is 9.68. The van der Waals surface area contributed by atoms with Crippen molar-refractivity contribution in [3.05, 3.63) is 144 Å². The second-order valence-corrected chi connectivity index (χ2v) is 17.9. The molecule has 2 aliphatic carbocycles. The lowest BCUT2D eigenvalue weighted by Crippen LogP contribution is -2.62. The monoisotopic (exact) mass is 692 g/mol. The lowest BCUT2D eigenvalue weighted by molar-refractivity contribution is 0.360. The minimum Gasteiger partial charge on any atom is -0.315 e. The zero-order valence-corrected chi connectivity index (χ0v) is 32.5. The molecule has 0 saturated carbocycles. The number of rotatable bonds is 4. The predicted molar refractivity (Wildman–Crippen MR) is 229 cm³/mol. The van der Waals surface area contributed by atoms with E-state index in [1.54, 1.807) is 0 Å². The zero-order chi connectivity index (χ0) is 36.5. The lowest BCUT2D eigenvalue weighted by Gasteiger charge is -2.47. The molecule has 5 aromatic rings. The van der Waals surface area contributed by atoms with Gasteiger partial charge in [0.25, 0.3) is 6.71 Å². The van der Waals surface area contributed by atoms with Crippen molar-refractivity contribution in [2.24, 2.45) is 11.8 Å². The highest BCUT2D eigenvalue weighted by Crippen LogP contribution is 2.49. The van der Waals surface area contributed by atoms with Crippen LogP contribution in [-0.4, -0.2) is 6.71 Å². The van der Waals surface area contributed by atoms with Crippen LogP contribution in [-0.2, 0) is 10.8 Å². The van der Waals surface area contributed by atoms with Crippen LogP contribution in [0.1, 0.15) is 91.2 Å². The Kier molecular flexibility index (Phi) is 8.33. The molecule has 0 fully saturated rings. The van der Waals surface area contributed by atoms with Crippen molar-refractivity contribution < 1.29 is 0 Å². The summed E-state index contributed by atoms with van der Waals surface area (Å²) in [6.45, 7) is 14.2. The summed E-state index contributed by atoms with van der Waals surface area (Å²) in [5, 5.41) is 0. The Morgan fingerprint density at radius 3 is 1.83 bits per heavy atom. The Labute approximate surface area is 318 Å². The molecule has 2 atom stereocenters. The van der Waals surface area contributed by atoms with E-state index in [-0.39, 0.29) is 17.5 Å². The maximum absolute atomic E-state index is 2.74. The summed E-state index contributed by atoms with van der Waals surface area (Å²) in [6.07, 6.45) is 15.1. The first-order valence-electron chi connectivity index (χ1n) is 20.1. The maximum atomic E-state index is 2.74. The second-order valence-electron chi connectivity index (χ2n) is 17.9. The normalized spacial score (nSPS) is 19.4. The van der Waals surface area contributed by atoms with Crippen LogP contribution < -0.4 is 26.2 Å². The summed E-state index contributed by atoms with van der Waals surface area (Å²) in [5.41, 5.74) is 17.5. The van der Waals surface area contributed by atoms with Crippen LogP contribution in [0.15, 0.2) is 133 Å². The third kappa shape index (κ3) is 5.79. The molecule has 2 nitrogen and oxygen atoms in total. The molecular formula is C50H53BN2. The average Bonchev–Trinajstić information content (AvgIpc) is 3.17. The fraction of sp³-hybridized carbons (Fsp3) is 0.320. The van der Waals surface area contributed by atoms with E-state index in [0.717, 1.165) is 6.42 Å². The van der Waals surface area contributed by atoms with Crippen LogP contribution in [0.4, 0.5) is 28.4 Å². The van der Waals surface area contributed by atoms with E-state index in [0.29, 0.717) is 11.8 Å². The largest absolute Gasteiger partial charge is 0.315 e. The number of allylic oxidation sites excluding steroid dienone is 4. The van der Waals surface area contributed by atoms with Crippen LogP contribution in [0.5, 0.6) is 0 Å². The van der Waals surface area contributed by atoms with Crippen LogP contribution in [0, 0.1) is 11.8 Å². The van der Waals surface area contributed by atoms with Crippen molar-refractivity contribution in [3.8, 4) is 11.1 Å². The second kappa shape index (κ2) is 13.0. The molecule has 0 aromatic heterocycles. The lowest BCUT2D eigenvalue weighted by atomic mass is 9.33. The van der Waals surface area contributed by atoms with Gasteiger partial charge in [-0.15, -0.1) is 0 Å². The molecule has 0 bridgehead atoms.